The zero-order chi connectivity index (χ0) is 18.1. The molecule has 1 amide bonds. The highest BCUT2D eigenvalue weighted by molar-refractivity contribution is 6.34. The Bertz CT molecular complexity index is 1020. The molecule has 0 bridgehead atoms. The maximum absolute atomic E-state index is 12.5. The number of phenolic OH excluding ortho intramolecular Hbond substituents is 1. The first-order chi connectivity index (χ1) is 11.9. The second-order valence-electron chi connectivity index (χ2n) is 5.52. The predicted octanol–water partition coefficient (Wildman–Crippen LogP) is 4.67. The first-order valence-electron chi connectivity index (χ1n) is 7.34. The molecular formula is C18H13ClN2O4. The summed E-state index contributed by atoms with van der Waals surface area (Å²) >= 11 is 6.00. The molecule has 7 heteroatoms. The Morgan fingerprint density at radius 1 is 1.16 bits per heavy atom. The second kappa shape index (κ2) is 6.41. The van der Waals surface area contributed by atoms with E-state index in [2.05, 4.69) is 5.32 Å². The molecule has 0 aliphatic rings. The topological polar surface area (TPSA) is 92.5 Å². The lowest BCUT2D eigenvalue weighted by atomic mass is 10.0. The number of nitrogens with zero attached hydrogens (tertiary/aromatic N) is 1. The third-order valence-corrected chi connectivity index (χ3v) is 4.26. The van der Waals surface area contributed by atoms with Crippen LogP contribution in [0.1, 0.15) is 15.9 Å². The summed E-state index contributed by atoms with van der Waals surface area (Å²) in [6.07, 6.45) is 0. The molecule has 126 valence electrons. The number of carbonyl (C=O) groups excluding carboxylic acids is 1. The number of benzene rings is 3. The predicted molar refractivity (Wildman–Crippen MR) is 96.4 cm³/mol. The van der Waals surface area contributed by atoms with E-state index >= 15 is 0 Å². The molecule has 6 nitrogen and oxygen atoms in total. The van der Waals surface area contributed by atoms with Crippen molar-refractivity contribution in [1.29, 1.82) is 0 Å². The van der Waals surface area contributed by atoms with Crippen molar-refractivity contribution in [2.45, 2.75) is 6.92 Å². The van der Waals surface area contributed by atoms with Crippen molar-refractivity contribution in [2.75, 3.05) is 5.32 Å². The average Bonchev–Trinajstić information content (AvgIpc) is 2.59. The Hall–Kier alpha value is -3.12. The smallest absolute Gasteiger partial charge is 0.271 e. The number of hydrogen-bond donors (Lipinski definition) is 2. The van der Waals surface area contributed by atoms with Crippen molar-refractivity contribution in [1.82, 2.24) is 0 Å². The molecule has 3 rings (SSSR count). The van der Waals surface area contributed by atoms with Gasteiger partial charge in [-0.3, -0.25) is 14.9 Å². The van der Waals surface area contributed by atoms with E-state index in [9.17, 15) is 20.0 Å². The van der Waals surface area contributed by atoms with E-state index < -0.39 is 10.8 Å². The van der Waals surface area contributed by atoms with Crippen molar-refractivity contribution >= 4 is 39.7 Å². The van der Waals surface area contributed by atoms with Crippen molar-refractivity contribution in [2.24, 2.45) is 0 Å². The Balaban J connectivity index is 1.94. The molecule has 0 spiro atoms. The molecule has 0 saturated carbocycles. The van der Waals surface area contributed by atoms with Gasteiger partial charge >= 0.3 is 0 Å². The Morgan fingerprint density at radius 2 is 1.92 bits per heavy atom. The molecule has 0 radical (unpaired) electrons. The molecule has 0 atom stereocenters. The van der Waals surface area contributed by atoms with E-state index in [1.807, 2.05) is 0 Å². The van der Waals surface area contributed by atoms with Crippen molar-refractivity contribution in [3.8, 4) is 5.75 Å². The van der Waals surface area contributed by atoms with E-state index in [4.69, 9.17) is 11.6 Å². The number of rotatable bonds is 3. The first kappa shape index (κ1) is 16.7. The Labute approximate surface area is 147 Å². The number of amides is 1. The van der Waals surface area contributed by atoms with Crippen LogP contribution in [0.4, 0.5) is 11.4 Å². The minimum absolute atomic E-state index is 0.163. The van der Waals surface area contributed by atoms with Crippen LogP contribution in [0.5, 0.6) is 5.75 Å². The summed E-state index contributed by atoms with van der Waals surface area (Å²) in [6, 6.07) is 12.2. The van der Waals surface area contributed by atoms with E-state index in [1.54, 1.807) is 37.3 Å². The summed E-state index contributed by atoms with van der Waals surface area (Å²) in [5.41, 5.74) is 1.11. The number of phenols is 1. The summed E-state index contributed by atoms with van der Waals surface area (Å²) in [5, 5.41) is 25.0. The number of hydrogen-bond acceptors (Lipinski definition) is 4. The lowest BCUT2D eigenvalue weighted by Crippen LogP contribution is -2.12. The minimum atomic E-state index is -0.558. The monoisotopic (exact) mass is 356 g/mol. The fraction of sp³-hybridized carbons (Fsp3) is 0.0556. The molecule has 0 heterocycles. The number of aromatic hydroxyl groups is 1. The quantitative estimate of drug-likeness (QED) is 0.527. The summed E-state index contributed by atoms with van der Waals surface area (Å²) in [7, 11) is 0. The van der Waals surface area contributed by atoms with E-state index in [0.717, 1.165) is 16.3 Å². The number of nitro groups is 1. The molecular weight excluding hydrogens is 344 g/mol. The van der Waals surface area contributed by atoms with Gasteiger partial charge in [0, 0.05) is 17.7 Å². The third kappa shape index (κ3) is 3.25. The Morgan fingerprint density at radius 3 is 2.64 bits per heavy atom. The van der Waals surface area contributed by atoms with Crippen molar-refractivity contribution in [3.63, 3.8) is 0 Å². The highest BCUT2D eigenvalue weighted by Crippen LogP contribution is 2.29. The molecule has 0 saturated heterocycles. The van der Waals surface area contributed by atoms with Crippen LogP contribution in [-0.2, 0) is 0 Å². The van der Waals surface area contributed by atoms with Crippen LogP contribution >= 0.6 is 11.6 Å². The molecule has 0 aliphatic heterocycles. The summed E-state index contributed by atoms with van der Waals surface area (Å²) < 4.78 is 0. The lowest BCUT2D eigenvalue weighted by molar-refractivity contribution is -0.384. The highest BCUT2D eigenvalue weighted by Gasteiger charge is 2.14. The molecule has 3 aromatic rings. The number of aryl methyl sites for hydroxylation is 1. The first-order valence-corrected chi connectivity index (χ1v) is 7.72. The van der Waals surface area contributed by atoms with Gasteiger partial charge in [-0.2, -0.15) is 0 Å². The molecule has 0 aliphatic carbocycles. The zero-order valence-electron chi connectivity index (χ0n) is 13.1. The Kier molecular flexibility index (Phi) is 4.29. The van der Waals surface area contributed by atoms with Gasteiger partial charge in [0.05, 0.1) is 15.6 Å². The van der Waals surface area contributed by atoms with Gasteiger partial charge in [-0.1, -0.05) is 23.7 Å². The van der Waals surface area contributed by atoms with Gasteiger partial charge in [0.15, 0.2) is 0 Å². The number of nitro benzene ring substituents is 1. The average molecular weight is 357 g/mol. The van der Waals surface area contributed by atoms with Crippen LogP contribution in [-0.4, -0.2) is 15.9 Å². The maximum atomic E-state index is 12.5. The number of halogens is 1. The van der Waals surface area contributed by atoms with Gasteiger partial charge in [0.2, 0.25) is 0 Å². The van der Waals surface area contributed by atoms with Crippen LogP contribution in [0.25, 0.3) is 10.8 Å². The molecule has 3 aromatic carbocycles. The van der Waals surface area contributed by atoms with E-state index in [-0.39, 0.29) is 22.1 Å². The zero-order valence-corrected chi connectivity index (χ0v) is 13.9. The standard InChI is InChI=1S/C18H13ClN2O4/c1-10-14-5-2-12(8-11(14)3-7-17(10)22)18(23)20-16-9-13(21(24)25)4-6-15(16)19/h2-9,22H,1H3,(H,20,23). The highest BCUT2D eigenvalue weighted by atomic mass is 35.5. The lowest BCUT2D eigenvalue weighted by Gasteiger charge is -2.09. The van der Waals surface area contributed by atoms with Gasteiger partial charge in [0.1, 0.15) is 5.75 Å². The fourth-order valence-corrected chi connectivity index (χ4v) is 2.70. The van der Waals surface area contributed by atoms with E-state index in [0.29, 0.717) is 5.56 Å². The van der Waals surface area contributed by atoms with Crippen LogP contribution < -0.4 is 5.32 Å². The summed E-state index contributed by atoms with van der Waals surface area (Å²) in [6.45, 7) is 1.79. The van der Waals surface area contributed by atoms with Gasteiger partial charge < -0.3 is 10.4 Å². The van der Waals surface area contributed by atoms with Crippen LogP contribution in [0.3, 0.4) is 0 Å². The molecule has 0 fully saturated rings. The SMILES string of the molecule is Cc1c(O)ccc2cc(C(=O)Nc3cc([N+](=O)[O-])ccc3Cl)ccc12. The maximum Gasteiger partial charge on any atom is 0.271 e. The number of anilines is 1. The van der Waals surface area contributed by atoms with E-state index in [1.165, 1.54) is 18.2 Å². The number of nitrogens with one attached hydrogen (secondary N) is 1. The fourth-order valence-electron chi connectivity index (χ4n) is 2.53. The van der Waals surface area contributed by atoms with Gasteiger partial charge in [-0.05, 0) is 47.5 Å². The van der Waals surface area contributed by atoms with Crippen LogP contribution in [0, 0.1) is 17.0 Å². The number of carbonyl (C=O) groups is 1. The van der Waals surface area contributed by atoms with Gasteiger partial charge in [-0.25, -0.2) is 0 Å². The molecule has 0 aromatic heterocycles. The number of non-ortho nitro benzene ring substituents is 1. The van der Waals surface area contributed by atoms with Gasteiger partial charge in [-0.15, -0.1) is 0 Å². The largest absolute Gasteiger partial charge is 0.508 e. The summed E-state index contributed by atoms with van der Waals surface area (Å²) in [5.74, 6) is -0.247. The number of fused-ring (bicyclic) bond motifs is 1. The second-order valence-corrected chi connectivity index (χ2v) is 5.93. The summed E-state index contributed by atoms with van der Waals surface area (Å²) in [4.78, 5) is 22.8. The molecule has 2 N–H and O–H groups in total. The molecule has 0 unspecified atom stereocenters. The van der Waals surface area contributed by atoms with Crippen molar-refractivity contribution < 1.29 is 14.8 Å². The molecule has 25 heavy (non-hydrogen) atoms. The normalized spacial score (nSPS) is 10.6. The van der Waals surface area contributed by atoms with Crippen LogP contribution in [0.15, 0.2) is 48.5 Å². The third-order valence-electron chi connectivity index (χ3n) is 3.93. The van der Waals surface area contributed by atoms with Crippen molar-refractivity contribution in [3.05, 3.63) is 74.8 Å². The minimum Gasteiger partial charge on any atom is -0.508 e. The van der Waals surface area contributed by atoms with Gasteiger partial charge in [0.25, 0.3) is 11.6 Å². The van der Waals surface area contributed by atoms with Crippen LogP contribution in [0.2, 0.25) is 5.02 Å².